The fourth-order valence-electron chi connectivity index (χ4n) is 3.68. The second kappa shape index (κ2) is 9.51. The number of hydrogen-bond acceptors (Lipinski definition) is 4. The van der Waals surface area contributed by atoms with Gasteiger partial charge in [0.25, 0.3) is 0 Å². The second-order valence-electron chi connectivity index (χ2n) is 7.16. The Morgan fingerprint density at radius 1 is 1.14 bits per heavy atom. The molecule has 0 spiro atoms. The third-order valence-corrected chi connectivity index (χ3v) is 5.27. The van der Waals surface area contributed by atoms with Gasteiger partial charge in [0, 0.05) is 17.8 Å². The molecule has 3 rings (SSSR count). The molecule has 1 saturated heterocycles. The maximum Gasteiger partial charge on any atom is 0.310 e. The van der Waals surface area contributed by atoms with E-state index >= 15 is 0 Å². The van der Waals surface area contributed by atoms with Crippen LogP contribution in [0.3, 0.4) is 0 Å². The highest BCUT2D eigenvalue weighted by Crippen LogP contribution is 2.28. The lowest BCUT2D eigenvalue weighted by atomic mass is 9.96. The van der Waals surface area contributed by atoms with Crippen LogP contribution in [0.1, 0.15) is 26.7 Å². The molecule has 0 aliphatic carbocycles. The number of para-hydroxylation sites is 1. The Kier molecular flexibility index (Phi) is 6.82. The van der Waals surface area contributed by atoms with Gasteiger partial charge in [0.2, 0.25) is 5.91 Å². The molecule has 0 unspecified atom stereocenters. The number of likely N-dealkylation sites (tertiary alicyclic amines) is 1. The lowest BCUT2D eigenvalue weighted by Crippen LogP contribution is -2.48. The molecule has 1 aliphatic heterocycles. The second-order valence-corrected chi connectivity index (χ2v) is 7.16. The Morgan fingerprint density at radius 3 is 2.61 bits per heavy atom. The summed E-state index contributed by atoms with van der Waals surface area (Å²) < 4.78 is 5.16. The third-order valence-electron chi connectivity index (χ3n) is 5.27. The van der Waals surface area contributed by atoms with E-state index in [0.717, 1.165) is 36.2 Å². The summed E-state index contributed by atoms with van der Waals surface area (Å²) in [4.78, 5) is 27.1. The molecular formula is C23H28N2O3. The lowest BCUT2D eigenvalue weighted by molar-refractivity contribution is -0.150. The normalized spacial score (nSPS) is 18.3. The van der Waals surface area contributed by atoms with Gasteiger partial charge in [-0.3, -0.25) is 14.5 Å². The van der Waals surface area contributed by atoms with Gasteiger partial charge in [0.1, 0.15) is 0 Å². The highest BCUT2D eigenvalue weighted by atomic mass is 16.5. The lowest BCUT2D eigenvalue weighted by Gasteiger charge is -2.35. The largest absolute Gasteiger partial charge is 0.466 e. The van der Waals surface area contributed by atoms with Crippen molar-refractivity contribution in [3.05, 3.63) is 54.6 Å². The van der Waals surface area contributed by atoms with Gasteiger partial charge in [0.05, 0.1) is 18.6 Å². The minimum Gasteiger partial charge on any atom is -0.466 e. The average Bonchev–Trinajstić information content (AvgIpc) is 2.74. The first-order chi connectivity index (χ1) is 13.6. The zero-order chi connectivity index (χ0) is 19.9. The number of hydrogen-bond donors (Lipinski definition) is 1. The number of piperidine rings is 1. The minimum absolute atomic E-state index is 0.0621. The summed E-state index contributed by atoms with van der Waals surface area (Å²) in [6, 6.07) is 17.5. The van der Waals surface area contributed by atoms with Crippen LogP contribution in [0.5, 0.6) is 0 Å². The fourth-order valence-corrected chi connectivity index (χ4v) is 3.68. The zero-order valence-corrected chi connectivity index (χ0v) is 16.6. The van der Waals surface area contributed by atoms with Crippen molar-refractivity contribution in [2.24, 2.45) is 5.92 Å². The smallest absolute Gasteiger partial charge is 0.310 e. The molecule has 0 bridgehead atoms. The predicted molar refractivity (Wildman–Crippen MR) is 111 cm³/mol. The number of carbonyl (C=O) groups is 2. The molecule has 5 nitrogen and oxygen atoms in total. The molecule has 0 saturated carbocycles. The van der Waals surface area contributed by atoms with Gasteiger partial charge in [-0.1, -0.05) is 48.5 Å². The summed E-state index contributed by atoms with van der Waals surface area (Å²) in [6.07, 6.45) is 1.71. The zero-order valence-electron chi connectivity index (χ0n) is 16.6. The van der Waals surface area contributed by atoms with Crippen LogP contribution in [0.2, 0.25) is 0 Å². The molecular weight excluding hydrogens is 352 g/mol. The van der Waals surface area contributed by atoms with Crippen molar-refractivity contribution in [2.75, 3.05) is 25.0 Å². The van der Waals surface area contributed by atoms with Gasteiger partial charge in [0.15, 0.2) is 0 Å². The van der Waals surface area contributed by atoms with Crippen molar-refractivity contribution in [2.45, 2.75) is 32.7 Å². The number of anilines is 1. The topological polar surface area (TPSA) is 58.6 Å². The molecule has 1 heterocycles. The van der Waals surface area contributed by atoms with Crippen molar-refractivity contribution >= 4 is 17.6 Å². The van der Waals surface area contributed by atoms with Crippen molar-refractivity contribution < 1.29 is 14.3 Å². The number of amides is 1. The quantitative estimate of drug-likeness (QED) is 0.771. The molecule has 1 aliphatic rings. The highest BCUT2D eigenvalue weighted by molar-refractivity contribution is 5.98. The number of benzene rings is 2. The van der Waals surface area contributed by atoms with Crippen LogP contribution in [-0.2, 0) is 14.3 Å². The Morgan fingerprint density at radius 2 is 1.86 bits per heavy atom. The Hall–Kier alpha value is -2.66. The number of esters is 1. The van der Waals surface area contributed by atoms with Crippen LogP contribution in [0.4, 0.5) is 5.69 Å². The van der Waals surface area contributed by atoms with Crippen molar-refractivity contribution in [3.63, 3.8) is 0 Å². The van der Waals surface area contributed by atoms with Gasteiger partial charge < -0.3 is 10.1 Å². The molecule has 28 heavy (non-hydrogen) atoms. The first-order valence-corrected chi connectivity index (χ1v) is 9.96. The molecule has 1 amide bonds. The van der Waals surface area contributed by atoms with Crippen LogP contribution in [-0.4, -0.2) is 42.5 Å². The van der Waals surface area contributed by atoms with Crippen molar-refractivity contribution in [1.82, 2.24) is 4.90 Å². The SMILES string of the molecule is CCOC(=O)[C@@H]1CCCN([C@H](C)C(=O)Nc2ccccc2-c2ccccc2)C1. The van der Waals surface area contributed by atoms with E-state index in [1.807, 2.05) is 68.4 Å². The first kappa shape index (κ1) is 20.1. The summed E-state index contributed by atoms with van der Waals surface area (Å²) in [6.45, 7) is 5.48. The number of nitrogens with zero attached hydrogens (tertiary/aromatic N) is 1. The summed E-state index contributed by atoms with van der Waals surface area (Å²) in [5.74, 6) is -0.373. The molecule has 1 fully saturated rings. The van der Waals surface area contributed by atoms with E-state index in [9.17, 15) is 9.59 Å². The van der Waals surface area contributed by atoms with E-state index < -0.39 is 0 Å². The van der Waals surface area contributed by atoms with Gasteiger partial charge in [-0.15, -0.1) is 0 Å². The van der Waals surface area contributed by atoms with E-state index in [4.69, 9.17) is 4.74 Å². The Labute approximate surface area is 166 Å². The number of carbonyl (C=O) groups excluding carboxylic acids is 2. The first-order valence-electron chi connectivity index (χ1n) is 9.96. The third kappa shape index (κ3) is 4.78. The molecule has 1 N–H and O–H groups in total. The molecule has 0 aromatic heterocycles. The number of rotatable bonds is 6. The van der Waals surface area contributed by atoms with Gasteiger partial charge in [-0.05, 0) is 44.9 Å². The van der Waals surface area contributed by atoms with Crippen LogP contribution in [0.15, 0.2) is 54.6 Å². The van der Waals surface area contributed by atoms with Gasteiger partial charge >= 0.3 is 5.97 Å². The average molecular weight is 380 g/mol. The molecule has 2 atom stereocenters. The monoisotopic (exact) mass is 380 g/mol. The standard InChI is InChI=1S/C23H28N2O3/c1-3-28-23(27)19-12-9-15-25(16-19)17(2)22(26)24-21-14-8-7-13-20(21)18-10-5-4-6-11-18/h4-8,10-11,13-14,17,19H,3,9,12,15-16H2,1-2H3,(H,24,26)/t17-,19-/m1/s1. The predicted octanol–water partition coefficient (Wildman–Crippen LogP) is 3.96. The molecule has 2 aromatic rings. The maximum absolute atomic E-state index is 12.9. The minimum atomic E-state index is -0.318. The Bertz CT molecular complexity index is 807. The summed E-state index contributed by atoms with van der Waals surface area (Å²) in [5.41, 5.74) is 2.85. The van der Waals surface area contributed by atoms with Crippen LogP contribution in [0, 0.1) is 5.92 Å². The fraction of sp³-hybridized carbons (Fsp3) is 0.391. The van der Waals surface area contributed by atoms with Crippen molar-refractivity contribution in [1.29, 1.82) is 0 Å². The molecule has 5 heteroatoms. The number of ether oxygens (including phenoxy) is 1. The summed E-state index contributed by atoms with van der Waals surface area (Å²) >= 11 is 0. The van der Waals surface area contributed by atoms with E-state index in [2.05, 4.69) is 10.2 Å². The van der Waals surface area contributed by atoms with Crippen LogP contribution < -0.4 is 5.32 Å². The summed E-state index contributed by atoms with van der Waals surface area (Å²) in [5, 5.41) is 3.08. The van der Waals surface area contributed by atoms with Gasteiger partial charge in [-0.25, -0.2) is 0 Å². The van der Waals surface area contributed by atoms with E-state index in [0.29, 0.717) is 13.2 Å². The maximum atomic E-state index is 12.9. The van der Waals surface area contributed by atoms with E-state index in [1.54, 1.807) is 0 Å². The van der Waals surface area contributed by atoms with E-state index in [1.165, 1.54) is 0 Å². The number of nitrogens with one attached hydrogen (secondary N) is 1. The van der Waals surface area contributed by atoms with Crippen LogP contribution in [0.25, 0.3) is 11.1 Å². The Balaban J connectivity index is 1.69. The molecule has 2 aromatic carbocycles. The molecule has 148 valence electrons. The highest BCUT2D eigenvalue weighted by Gasteiger charge is 2.31. The van der Waals surface area contributed by atoms with Crippen molar-refractivity contribution in [3.8, 4) is 11.1 Å². The summed E-state index contributed by atoms with van der Waals surface area (Å²) in [7, 11) is 0. The van der Waals surface area contributed by atoms with Crippen LogP contribution >= 0.6 is 0 Å². The molecule has 0 radical (unpaired) electrons. The van der Waals surface area contributed by atoms with E-state index in [-0.39, 0.29) is 23.8 Å². The van der Waals surface area contributed by atoms with Gasteiger partial charge in [-0.2, -0.15) is 0 Å².